The lowest BCUT2D eigenvalue weighted by molar-refractivity contribution is -0.126. The molecule has 1 spiro atoms. The molecule has 4 rings (SSSR count). The Balaban J connectivity index is 1.24. The Morgan fingerprint density at radius 1 is 1.13 bits per heavy atom. The van der Waals surface area contributed by atoms with E-state index in [1.54, 1.807) is 0 Å². The number of carbonyl (C=O) groups excluding carboxylic acids is 1. The van der Waals surface area contributed by atoms with Gasteiger partial charge in [0.15, 0.2) is 0 Å². The Morgan fingerprint density at radius 2 is 1.93 bits per heavy atom. The molecule has 1 amide bonds. The van der Waals surface area contributed by atoms with Crippen molar-refractivity contribution in [3.8, 4) is 0 Å². The highest BCUT2D eigenvalue weighted by atomic mass is 16.5. The standard InChI is InChI=1S/C26H33NO3/c1-21-6-5-9-24(18-21)25(28)27-14-12-26(13-15-27)19-22(11-17-30-26)10-16-29-20-23-7-3-2-4-8-23/h2-9,18,22H,10-17,19-20H2,1H3. The third-order valence-corrected chi connectivity index (χ3v) is 6.60. The van der Waals surface area contributed by atoms with Gasteiger partial charge in [0.1, 0.15) is 0 Å². The van der Waals surface area contributed by atoms with Crippen LogP contribution in [0.5, 0.6) is 0 Å². The van der Waals surface area contributed by atoms with Gasteiger partial charge in [-0.1, -0.05) is 48.0 Å². The molecule has 0 N–H and O–H groups in total. The Labute approximate surface area is 180 Å². The summed E-state index contributed by atoms with van der Waals surface area (Å²) in [5.74, 6) is 0.795. The Hall–Kier alpha value is -2.17. The summed E-state index contributed by atoms with van der Waals surface area (Å²) in [5.41, 5.74) is 3.10. The summed E-state index contributed by atoms with van der Waals surface area (Å²) < 4.78 is 12.2. The number of ether oxygens (including phenoxy) is 2. The molecular weight excluding hydrogens is 374 g/mol. The van der Waals surface area contributed by atoms with E-state index >= 15 is 0 Å². The molecule has 0 radical (unpaired) electrons. The average molecular weight is 408 g/mol. The van der Waals surface area contributed by atoms with Gasteiger partial charge in [0.25, 0.3) is 5.91 Å². The van der Waals surface area contributed by atoms with Crippen LogP contribution < -0.4 is 0 Å². The number of nitrogens with zero attached hydrogens (tertiary/aromatic N) is 1. The fourth-order valence-electron chi connectivity index (χ4n) is 4.82. The molecule has 0 aromatic heterocycles. The minimum absolute atomic E-state index is 0.0499. The lowest BCUT2D eigenvalue weighted by atomic mass is 9.78. The lowest BCUT2D eigenvalue weighted by Gasteiger charge is -2.46. The predicted molar refractivity (Wildman–Crippen MR) is 118 cm³/mol. The van der Waals surface area contributed by atoms with Crippen molar-refractivity contribution in [2.45, 2.75) is 51.2 Å². The smallest absolute Gasteiger partial charge is 0.253 e. The fourth-order valence-corrected chi connectivity index (χ4v) is 4.82. The van der Waals surface area contributed by atoms with Gasteiger partial charge >= 0.3 is 0 Å². The van der Waals surface area contributed by atoms with Crippen molar-refractivity contribution in [2.75, 3.05) is 26.3 Å². The third-order valence-electron chi connectivity index (χ3n) is 6.60. The molecule has 2 aromatic rings. The molecular formula is C26H33NO3. The van der Waals surface area contributed by atoms with Gasteiger partial charge in [-0.05, 0) is 62.6 Å². The molecule has 30 heavy (non-hydrogen) atoms. The molecule has 160 valence electrons. The monoisotopic (exact) mass is 407 g/mol. The summed E-state index contributed by atoms with van der Waals surface area (Å²) in [5, 5.41) is 0. The van der Waals surface area contributed by atoms with E-state index in [2.05, 4.69) is 24.3 Å². The zero-order valence-electron chi connectivity index (χ0n) is 18.0. The van der Waals surface area contributed by atoms with Crippen molar-refractivity contribution in [2.24, 2.45) is 5.92 Å². The van der Waals surface area contributed by atoms with Crippen LogP contribution in [-0.2, 0) is 16.1 Å². The van der Waals surface area contributed by atoms with Gasteiger partial charge in [-0.2, -0.15) is 0 Å². The maximum Gasteiger partial charge on any atom is 0.253 e. The SMILES string of the molecule is Cc1cccc(C(=O)N2CCC3(CC2)CC(CCOCc2ccccc2)CCO3)c1. The van der Waals surface area contributed by atoms with E-state index in [0.29, 0.717) is 12.5 Å². The first kappa shape index (κ1) is 21.1. The van der Waals surface area contributed by atoms with Crippen LogP contribution in [0.2, 0.25) is 0 Å². The second-order valence-corrected chi connectivity index (χ2v) is 8.88. The van der Waals surface area contributed by atoms with Crippen LogP contribution in [0.4, 0.5) is 0 Å². The number of likely N-dealkylation sites (tertiary alicyclic amines) is 1. The second-order valence-electron chi connectivity index (χ2n) is 8.88. The topological polar surface area (TPSA) is 38.8 Å². The molecule has 1 unspecified atom stereocenters. The van der Waals surface area contributed by atoms with Crippen LogP contribution in [0.1, 0.15) is 53.6 Å². The number of rotatable bonds is 6. The van der Waals surface area contributed by atoms with Gasteiger partial charge in [-0.25, -0.2) is 0 Å². The van der Waals surface area contributed by atoms with Crippen LogP contribution in [0.15, 0.2) is 54.6 Å². The van der Waals surface area contributed by atoms with Crippen molar-refractivity contribution in [1.82, 2.24) is 4.90 Å². The average Bonchev–Trinajstić information content (AvgIpc) is 2.78. The van der Waals surface area contributed by atoms with E-state index in [4.69, 9.17) is 9.47 Å². The number of piperidine rings is 1. The molecule has 2 fully saturated rings. The number of benzene rings is 2. The molecule has 0 bridgehead atoms. The van der Waals surface area contributed by atoms with Crippen molar-refractivity contribution in [1.29, 1.82) is 0 Å². The summed E-state index contributed by atoms with van der Waals surface area (Å²) in [6.07, 6.45) is 5.16. The van der Waals surface area contributed by atoms with Crippen molar-refractivity contribution in [3.63, 3.8) is 0 Å². The van der Waals surface area contributed by atoms with Gasteiger partial charge in [-0.3, -0.25) is 4.79 Å². The molecule has 0 aliphatic carbocycles. The van der Waals surface area contributed by atoms with Crippen LogP contribution in [0, 0.1) is 12.8 Å². The first-order valence-electron chi connectivity index (χ1n) is 11.3. The van der Waals surface area contributed by atoms with Gasteiger partial charge < -0.3 is 14.4 Å². The largest absolute Gasteiger partial charge is 0.377 e. The third kappa shape index (κ3) is 5.30. The lowest BCUT2D eigenvalue weighted by Crippen LogP contribution is -2.50. The number of hydrogen-bond donors (Lipinski definition) is 0. The van der Waals surface area contributed by atoms with Gasteiger partial charge in [0.2, 0.25) is 0 Å². The highest BCUT2D eigenvalue weighted by molar-refractivity contribution is 5.94. The fraction of sp³-hybridized carbons (Fsp3) is 0.500. The Bertz CT molecular complexity index is 827. The number of aryl methyl sites for hydroxylation is 1. The number of hydrogen-bond acceptors (Lipinski definition) is 3. The number of amides is 1. The zero-order valence-corrected chi connectivity index (χ0v) is 18.0. The molecule has 4 heteroatoms. The van der Waals surface area contributed by atoms with E-state index in [9.17, 15) is 4.79 Å². The quantitative estimate of drug-likeness (QED) is 0.632. The molecule has 2 aromatic carbocycles. The van der Waals surface area contributed by atoms with Crippen LogP contribution in [-0.4, -0.2) is 42.7 Å². The van der Waals surface area contributed by atoms with Gasteiger partial charge in [0.05, 0.1) is 12.2 Å². The summed E-state index contributed by atoms with van der Waals surface area (Å²) in [4.78, 5) is 14.8. The minimum Gasteiger partial charge on any atom is -0.377 e. The maximum atomic E-state index is 12.8. The first-order valence-corrected chi connectivity index (χ1v) is 11.3. The summed E-state index contributed by atoms with van der Waals surface area (Å²) in [6.45, 7) is 5.91. The summed E-state index contributed by atoms with van der Waals surface area (Å²) in [6, 6.07) is 18.2. The van der Waals surface area contributed by atoms with Crippen molar-refractivity contribution in [3.05, 3.63) is 71.3 Å². The Kier molecular flexibility index (Phi) is 6.86. The molecule has 2 aliphatic heterocycles. The molecule has 0 saturated carbocycles. The highest BCUT2D eigenvalue weighted by Crippen LogP contribution is 2.39. The molecule has 4 nitrogen and oxygen atoms in total. The minimum atomic E-state index is -0.0499. The summed E-state index contributed by atoms with van der Waals surface area (Å²) >= 11 is 0. The maximum absolute atomic E-state index is 12.8. The van der Waals surface area contributed by atoms with Crippen molar-refractivity contribution < 1.29 is 14.3 Å². The zero-order chi connectivity index (χ0) is 20.8. The van der Waals surface area contributed by atoms with E-state index in [0.717, 1.165) is 69.5 Å². The van der Waals surface area contributed by atoms with E-state index in [-0.39, 0.29) is 11.5 Å². The number of carbonyl (C=O) groups is 1. The van der Waals surface area contributed by atoms with Crippen LogP contribution >= 0.6 is 0 Å². The summed E-state index contributed by atoms with van der Waals surface area (Å²) in [7, 11) is 0. The van der Waals surface area contributed by atoms with Crippen LogP contribution in [0.25, 0.3) is 0 Å². The molecule has 2 saturated heterocycles. The van der Waals surface area contributed by atoms with Gasteiger partial charge in [0, 0.05) is 31.9 Å². The van der Waals surface area contributed by atoms with Gasteiger partial charge in [-0.15, -0.1) is 0 Å². The predicted octanol–water partition coefficient (Wildman–Crippen LogP) is 5.00. The highest BCUT2D eigenvalue weighted by Gasteiger charge is 2.41. The van der Waals surface area contributed by atoms with Crippen LogP contribution in [0.3, 0.4) is 0 Å². The second kappa shape index (κ2) is 9.76. The Morgan fingerprint density at radius 3 is 2.70 bits per heavy atom. The molecule has 2 heterocycles. The van der Waals surface area contributed by atoms with Crippen molar-refractivity contribution >= 4 is 5.91 Å². The normalized spacial score (nSPS) is 21.0. The first-order chi connectivity index (χ1) is 14.6. The van der Waals surface area contributed by atoms with E-state index < -0.39 is 0 Å². The van der Waals surface area contributed by atoms with E-state index in [1.165, 1.54) is 5.56 Å². The molecule has 1 atom stereocenters. The van der Waals surface area contributed by atoms with E-state index in [1.807, 2.05) is 42.2 Å². The molecule has 2 aliphatic rings.